The second-order valence-electron chi connectivity index (χ2n) is 5.66. The number of hydrogen-bond acceptors (Lipinski definition) is 4. The number of amides is 1. The summed E-state index contributed by atoms with van der Waals surface area (Å²) in [5.41, 5.74) is 4.36. The molecule has 3 rings (SSSR count). The maximum atomic E-state index is 12.5. The smallest absolute Gasteiger partial charge is 0.237 e. The highest BCUT2D eigenvalue weighted by Gasteiger charge is 2.26. The molecular weight excluding hydrogens is 306 g/mol. The van der Waals surface area contributed by atoms with E-state index in [4.69, 9.17) is 0 Å². The van der Waals surface area contributed by atoms with Crippen molar-refractivity contribution < 1.29 is 4.79 Å². The first-order valence-corrected chi connectivity index (χ1v) is 8.40. The molecule has 1 amide bonds. The lowest BCUT2D eigenvalue weighted by Crippen LogP contribution is -2.23. The van der Waals surface area contributed by atoms with E-state index in [0.717, 1.165) is 35.3 Å². The molecule has 0 saturated carbocycles. The third-order valence-electron chi connectivity index (χ3n) is 3.92. The summed E-state index contributed by atoms with van der Waals surface area (Å²) in [6, 6.07) is 12.0. The van der Waals surface area contributed by atoms with Gasteiger partial charge in [0.15, 0.2) is 0 Å². The van der Waals surface area contributed by atoms with E-state index in [1.54, 1.807) is 0 Å². The molecule has 1 aliphatic heterocycles. The van der Waals surface area contributed by atoms with E-state index in [1.165, 1.54) is 11.8 Å². The van der Waals surface area contributed by atoms with Crippen LogP contribution in [0.1, 0.15) is 28.8 Å². The van der Waals surface area contributed by atoms with Gasteiger partial charge in [0.1, 0.15) is 11.1 Å². The van der Waals surface area contributed by atoms with Crippen molar-refractivity contribution in [2.45, 2.75) is 37.0 Å². The fourth-order valence-electron chi connectivity index (χ4n) is 2.76. The number of thioether (sulfide) groups is 1. The molecule has 1 atom stereocenters. The molecule has 0 spiro atoms. The Labute approximate surface area is 139 Å². The highest BCUT2D eigenvalue weighted by Crippen LogP contribution is 2.33. The molecule has 4 nitrogen and oxygen atoms in total. The average molecular weight is 323 g/mol. The van der Waals surface area contributed by atoms with Gasteiger partial charge in [0, 0.05) is 11.4 Å². The third kappa shape index (κ3) is 3.22. The molecule has 116 valence electrons. The molecule has 0 saturated heterocycles. The van der Waals surface area contributed by atoms with Crippen LogP contribution < -0.4 is 5.32 Å². The zero-order valence-electron chi connectivity index (χ0n) is 13.1. The molecule has 1 aliphatic rings. The van der Waals surface area contributed by atoms with Crippen LogP contribution in [0.25, 0.3) is 0 Å². The minimum Gasteiger partial charge on any atom is -0.325 e. The molecule has 1 N–H and O–H groups in total. The summed E-state index contributed by atoms with van der Waals surface area (Å²) >= 11 is 1.39. The maximum Gasteiger partial charge on any atom is 0.237 e. The van der Waals surface area contributed by atoms with Crippen molar-refractivity contribution in [1.82, 2.24) is 4.98 Å². The Morgan fingerprint density at radius 2 is 2.13 bits per heavy atom. The van der Waals surface area contributed by atoms with Crippen molar-refractivity contribution in [2.24, 2.45) is 0 Å². The second kappa shape index (κ2) is 6.43. The molecule has 1 aromatic heterocycles. The lowest BCUT2D eigenvalue weighted by atomic mass is 10.1. The second-order valence-corrected chi connectivity index (χ2v) is 6.86. The minimum absolute atomic E-state index is 0.0233. The summed E-state index contributed by atoms with van der Waals surface area (Å²) in [5, 5.41) is 12.8. The Kier molecular flexibility index (Phi) is 4.35. The summed E-state index contributed by atoms with van der Waals surface area (Å²) in [6.45, 7) is 3.81. The molecule has 0 radical (unpaired) electrons. The lowest BCUT2D eigenvalue weighted by molar-refractivity contribution is -0.115. The predicted octanol–water partition coefficient (Wildman–Crippen LogP) is 3.62. The number of aryl methyl sites for hydroxylation is 3. The largest absolute Gasteiger partial charge is 0.325 e. The fraction of sp³-hybridized carbons (Fsp3) is 0.278. The first-order valence-electron chi connectivity index (χ1n) is 7.52. The quantitative estimate of drug-likeness (QED) is 0.917. The van der Waals surface area contributed by atoms with Crippen molar-refractivity contribution in [3.8, 4) is 6.07 Å². The van der Waals surface area contributed by atoms with Crippen LogP contribution in [-0.4, -0.2) is 16.1 Å². The molecule has 23 heavy (non-hydrogen) atoms. The van der Waals surface area contributed by atoms with Gasteiger partial charge < -0.3 is 5.32 Å². The highest BCUT2D eigenvalue weighted by atomic mass is 32.2. The van der Waals surface area contributed by atoms with Gasteiger partial charge in [-0.2, -0.15) is 5.26 Å². The number of rotatable bonds is 2. The number of hydrogen-bond donors (Lipinski definition) is 1. The van der Waals surface area contributed by atoms with Crippen molar-refractivity contribution in [3.05, 3.63) is 52.7 Å². The van der Waals surface area contributed by atoms with Gasteiger partial charge in [-0.15, -0.1) is 0 Å². The minimum atomic E-state index is -0.247. The molecular formula is C18H17N3OS. The zero-order chi connectivity index (χ0) is 16.4. The normalized spacial score (nSPS) is 16.9. The molecule has 2 aromatic rings. The fourth-order valence-corrected chi connectivity index (χ4v) is 3.95. The van der Waals surface area contributed by atoms with Crippen LogP contribution in [0.5, 0.6) is 0 Å². The number of carbonyl (C=O) groups is 1. The van der Waals surface area contributed by atoms with Gasteiger partial charge in [0.05, 0.1) is 10.8 Å². The summed E-state index contributed by atoms with van der Waals surface area (Å²) < 4.78 is 0. The summed E-state index contributed by atoms with van der Waals surface area (Å²) in [6.07, 6.45) is 1.56. The van der Waals surface area contributed by atoms with Crippen LogP contribution in [0, 0.1) is 25.2 Å². The summed E-state index contributed by atoms with van der Waals surface area (Å²) in [7, 11) is 0. The molecule has 5 heteroatoms. The number of fused-ring (bicyclic) bond motifs is 1. The number of nitrogens with zero attached hydrogens (tertiary/aromatic N) is 2. The number of aromatic nitrogens is 1. The molecule has 0 aliphatic carbocycles. The van der Waals surface area contributed by atoms with Crippen LogP contribution in [-0.2, 0) is 11.2 Å². The summed E-state index contributed by atoms with van der Waals surface area (Å²) in [5.74, 6) is -0.0233. The van der Waals surface area contributed by atoms with Gasteiger partial charge in [-0.3, -0.25) is 4.79 Å². The monoisotopic (exact) mass is 323 g/mol. The highest BCUT2D eigenvalue weighted by molar-refractivity contribution is 8.00. The number of anilines is 1. The van der Waals surface area contributed by atoms with Crippen molar-refractivity contribution >= 4 is 23.4 Å². The summed E-state index contributed by atoms with van der Waals surface area (Å²) in [4.78, 5) is 17.0. The van der Waals surface area contributed by atoms with Crippen molar-refractivity contribution in [3.63, 3.8) is 0 Å². The number of pyridine rings is 1. The number of carbonyl (C=O) groups excluding carboxylic acids is 1. The Bertz CT molecular complexity index is 810. The molecule has 1 unspecified atom stereocenters. The predicted molar refractivity (Wildman–Crippen MR) is 91.5 cm³/mol. The molecule has 1 aromatic carbocycles. The van der Waals surface area contributed by atoms with Crippen molar-refractivity contribution in [2.75, 3.05) is 5.32 Å². The van der Waals surface area contributed by atoms with E-state index in [0.29, 0.717) is 10.6 Å². The zero-order valence-corrected chi connectivity index (χ0v) is 13.9. The van der Waals surface area contributed by atoms with E-state index >= 15 is 0 Å². The van der Waals surface area contributed by atoms with Gasteiger partial charge in [0.25, 0.3) is 0 Å². The van der Waals surface area contributed by atoms with Gasteiger partial charge in [-0.1, -0.05) is 30.0 Å². The standard InChI is InChI=1S/C18H17N3OS/c1-11-9-12(2)20-18(14(11)10-19)23-16-8-7-13-5-3-4-6-15(13)21-17(16)22/h3-6,9,16H,7-8H2,1-2H3,(H,21,22). The number of nitriles is 1. The van der Waals surface area contributed by atoms with E-state index in [9.17, 15) is 10.1 Å². The maximum absolute atomic E-state index is 12.5. The van der Waals surface area contributed by atoms with E-state index in [1.807, 2.05) is 44.2 Å². The Hall–Kier alpha value is -2.32. The van der Waals surface area contributed by atoms with Gasteiger partial charge in [-0.05, 0) is 49.9 Å². The first-order chi connectivity index (χ1) is 11.1. The third-order valence-corrected chi connectivity index (χ3v) is 5.17. The van der Waals surface area contributed by atoms with Gasteiger partial charge >= 0.3 is 0 Å². The average Bonchev–Trinajstić information content (AvgIpc) is 2.66. The van der Waals surface area contributed by atoms with Crippen LogP contribution in [0.15, 0.2) is 35.4 Å². The van der Waals surface area contributed by atoms with Gasteiger partial charge in [-0.25, -0.2) is 4.98 Å². The Balaban J connectivity index is 1.88. The lowest BCUT2D eigenvalue weighted by Gasteiger charge is -2.14. The van der Waals surface area contributed by atoms with Crippen LogP contribution in [0.4, 0.5) is 5.69 Å². The van der Waals surface area contributed by atoms with E-state index in [2.05, 4.69) is 16.4 Å². The van der Waals surface area contributed by atoms with E-state index < -0.39 is 0 Å². The number of para-hydroxylation sites is 1. The molecule has 2 heterocycles. The first kappa shape index (κ1) is 15.6. The van der Waals surface area contributed by atoms with Crippen molar-refractivity contribution in [1.29, 1.82) is 5.26 Å². The van der Waals surface area contributed by atoms with Crippen LogP contribution in [0.2, 0.25) is 0 Å². The Morgan fingerprint density at radius 1 is 1.35 bits per heavy atom. The molecule has 0 bridgehead atoms. The topological polar surface area (TPSA) is 65.8 Å². The number of nitrogens with one attached hydrogen (secondary N) is 1. The Morgan fingerprint density at radius 3 is 2.91 bits per heavy atom. The number of benzene rings is 1. The molecule has 0 fully saturated rings. The van der Waals surface area contributed by atoms with Crippen LogP contribution in [0.3, 0.4) is 0 Å². The van der Waals surface area contributed by atoms with E-state index in [-0.39, 0.29) is 11.2 Å². The van der Waals surface area contributed by atoms with Crippen LogP contribution >= 0.6 is 11.8 Å². The SMILES string of the molecule is Cc1cc(C)c(C#N)c(SC2CCc3ccccc3NC2=O)n1. The van der Waals surface area contributed by atoms with Gasteiger partial charge in [0.2, 0.25) is 5.91 Å².